The summed E-state index contributed by atoms with van der Waals surface area (Å²) in [5, 5.41) is 0. The van der Waals surface area contributed by atoms with Crippen LogP contribution in [0.5, 0.6) is 6.01 Å². The fraction of sp³-hybridized carbons (Fsp3) is 0.625. The average Bonchev–Trinajstić information content (AvgIpc) is 2.32. The van der Waals surface area contributed by atoms with Gasteiger partial charge in [-0.1, -0.05) is 0 Å². The highest BCUT2D eigenvalue weighted by molar-refractivity contribution is 5.18. The molecule has 68 valence electrons. The van der Waals surface area contributed by atoms with Crippen LogP contribution in [0.4, 0.5) is 0 Å². The van der Waals surface area contributed by atoms with Crippen LogP contribution in [0.2, 0.25) is 0 Å². The molecule has 0 amide bonds. The number of hydrogen-bond acceptors (Lipinski definition) is 3. The molecular formula is C8H15N3O. The van der Waals surface area contributed by atoms with Crippen LogP contribution in [-0.2, 0) is 0 Å². The van der Waals surface area contributed by atoms with E-state index in [-0.39, 0.29) is 6.04 Å². The Morgan fingerprint density at radius 3 is 2.75 bits per heavy atom. The van der Waals surface area contributed by atoms with Gasteiger partial charge in [-0.05, 0) is 20.8 Å². The molecule has 0 aliphatic carbocycles. The van der Waals surface area contributed by atoms with Gasteiger partial charge in [0.25, 0.3) is 6.01 Å². The smallest absolute Gasteiger partial charge is 0.294 e. The van der Waals surface area contributed by atoms with Gasteiger partial charge in [0.2, 0.25) is 0 Å². The lowest BCUT2D eigenvalue weighted by molar-refractivity contribution is 0.315. The number of aromatic amines is 1. The minimum atomic E-state index is -0.0459. The summed E-state index contributed by atoms with van der Waals surface area (Å²) in [5.74, 6) is 0. The lowest BCUT2D eigenvalue weighted by Gasteiger charge is -1.99. The summed E-state index contributed by atoms with van der Waals surface area (Å²) in [6.07, 6.45) is 0. The van der Waals surface area contributed by atoms with Crippen LogP contribution in [-0.4, -0.2) is 16.6 Å². The molecule has 0 aliphatic heterocycles. The van der Waals surface area contributed by atoms with Gasteiger partial charge in [-0.3, -0.25) is 0 Å². The second-order valence-electron chi connectivity index (χ2n) is 2.77. The summed E-state index contributed by atoms with van der Waals surface area (Å²) >= 11 is 0. The normalized spacial score (nSPS) is 13.0. The molecule has 1 aromatic heterocycles. The van der Waals surface area contributed by atoms with Crippen molar-refractivity contribution in [3.63, 3.8) is 0 Å². The molecule has 0 radical (unpaired) electrons. The third-order valence-corrected chi connectivity index (χ3v) is 1.61. The number of nitrogens with two attached hydrogens (primary N) is 1. The molecule has 0 saturated carbocycles. The summed E-state index contributed by atoms with van der Waals surface area (Å²) in [6, 6.07) is 0.512. The zero-order valence-corrected chi connectivity index (χ0v) is 7.72. The number of hydrogen-bond donors (Lipinski definition) is 2. The van der Waals surface area contributed by atoms with Gasteiger partial charge in [-0.15, -0.1) is 0 Å². The Balaban J connectivity index is 2.85. The zero-order chi connectivity index (χ0) is 9.14. The van der Waals surface area contributed by atoms with Crippen molar-refractivity contribution in [3.8, 4) is 6.01 Å². The van der Waals surface area contributed by atoms with Gasteiger partial charge in [0.05, 0.1) is 12.3 Å². The second-order valence-corrected chi connectivity index (χ2v) is 2.77. The SMILES string of the molecule is CCOc1nc(C(C)N)c(C)[nH]1. The van der Waals surface area contributed by atoms with E-state index in [4.69, 9.17) is 10.5 Å². The predicted molar refractivity (Wildman–Crippen MR) is 47.1 cm³/mol. The first-order chi connectivity index (χ1) is 5.65. The molecule has 0 saturated heterocycles. The summed E-state index contributed by atoms with van der Waals surface area (Å²) < 4.78 is 5.20. The maximum absolute atomic E-state index is 5.69. The molecule has 1 aromatic rings. The van der Waals surface area contributed by atoms with Crippen molar-refractivity contribution in [1.29, 1.82) is 0 Å². The van der Waals surface area contributed by atoms with Crippen LogP contribution >= 0.6 is 0 Å². The van der Waals surface area contributed by atoms with Crippen LogP contribution in [0.15, 0.2) is 0 Å². The number of rotatable bonds is 3. The number of imidazole rings is 1. The number of nitrogens with one attached hydrogen (secondary N) is 1. The van der Waals surface area contributed by atoms with Gasteiger partial charge in [0.1, 0.15) is 0 Å². The minimum Gasteiger partial charge on any atom is -0.465 e. The third-order valence-electron chi connectivity index (χ3n) is 1.61. The van der Waals surface area contributed by atoms with Crippen LogP contribution in [0.3, 0.4) is 0 Å². The summed E-state index contributed by atoms with van der Waals surface area (Å²) in [4.78, 5) is 7.21. The van der Waals surface area contributed by atoms with Crippen molar-refractivity contribution < 1.29 is 4.74 Å². The highest BCUT2D eigenvalue weighted by Crippen LogP contribution is 2.15. The van der Waals surface area contributed by atoms with Crippen molar-refractivity contribution in [1.82, 2.24) is 9.97 Å². The summed E-state index contributed by atoms with van der Waals surface area (Å²) in [6.45, 7) is 6.38. The van der Waals surface area contributed by atoms with E-state index in [1.165, 1.54) is 0 Å². The Labute approximate surface area is 72.1 Å². The highest BCUT2D eigenvalue weighted by atomic mass is 16.5. The lowest BCUT2D eigenvalue weighted by Crippen LogP contribution is -2.06. The summed E-state index contributed by atoms with van der Waals surface area (Å²) in [7, 11) is 0. The number of aryl methyl sites for hydroxylation is 1. The number of nitrogens with zero attached hydrogens (tertiary/aromatic N) is 1. The van der Waals surface area contributed by atoms with Crippen molar-refractivity contribution in [2.45, 2.75) is 26.8 Å². The van der Waals surface area contributed by atoms with E-state index in [0.717, 1.165) is 11.4 Å². The Bertz CT molecular complexity index is 255. The van der Waals surface area contributed by atoms with Crippen LogP contribution in [0.25, 0.3) is 0 Å². The van der Waals surface area contributed by atoms with Gasteiger partial charge in [0.15, 0.2) is 0 Å². The van der Waals surface area contributed by atoms with Crippen molar-refractivity contribution >= 4 is 0 Å². The fourth-order valence-electron chi connectivity index (χ4n) is 1.09. The maximum Gasteiger partial charge on any atom is 0.294 e. The molecule has 1 atom stereocenters. The van der Waals surface area contributed by atoms with E-state index in [1.54, 1.807) is 0 Å². The molecule has 0 aromatic carbocycles. The van der Waals surface area contributed by atoms with Crippen molar-refractivity contribution in [2.24, 2.45) is 5.73 Å². The molecule has 0 spiro atoms. The van der Waals surface area contributed by atoms with Crippen LogP contribution in [0, 0.1) is 6.92 Å². The monoisotopic (exact) mass is 169 g/mol. The number of H-pyrrole nitrogens is 1. The Kier molecular flexibility index (Phi) is 2.70. The van der Waals surface area contributed by atoms with Gasteiger partial charge in [0, 0.05) is 11.7 Å². The van der Waals surface area contributed by atoms with Gasteiger partial charge >= 0.3 is 0 Å². The standard InChI is InChI=1S/C8H15N3O/c1-4-12-8-10-6(3)7(11-8)5(2)9/h5H,4,9H2,1-3H3,(H,10,11). The van der Waals surface area contributed by atoms with Crippen LogP contribution < -0.4 is 10.5 Å². The molecule has 12 heavy (non-hydrogen) atoms. The first-order valence-corrected chi connectivity index (χ1v) is 4.10. The van der Waals surface area contributed by atoms with Crippen molar-refractivity contribution in [3.05, 3.63) is 11.4 Å². The topological polar surface area (TPSA) is 63.9 Å². The molecule has 4 heteroatoms. The molecule has 1 unspecified atom stereocenters. The molecule has 3 N–H and O–H groups in total. The molecule has 1 rings (SSSR count). The molecule has 4 nitrogen and oxygen atoms in total. The number of ether oxygens (including phenoxy) is 1. The molecule has 0 aliphatic rings. The molecule has 0 bridgehead atoms. The van der Waals surface area contributed by atoms with E-state index in [1.807, 2.05) is 20.8 Å². The summed E-state index contributed by atoms with van der Waals surface area (Å²) in [5.41, 5.74) is 7.54. The predicted octanol–water partition coefficient (Wildman–Crippen LogP) is 1.14. The van der Waals surface area contributed by atoms with E-state index in [2.05, 4.69) is 9.97 Å². The quantitative estimate of drug-likeness (QED) is 0.713. The minimum absolute atomic E-state index is 0.0459. The highest BCUT2D eigenvalue weighted by Gasteiger charge is 2.10. The van der Waals surface area contributed by atoms with E-state index >= 15 is 0 Å². The fourth-order valence-corrected chi connectivity index (χ4v) is 1.09. The second kappa shape index (κ2) is 3.58. The first-order valence-electron chi connectivity index (χ1n) is 4.10. The Hall–Kier alpha value is -1.03. The van der Waals surface area contributed by atoms with E-state index < -0.39 is 0 Å². The van der Waals surface area contributed by atoms with E-state index in [0.29, 0.717) is 12.6 Å². The maximum atomic E-state index is 5.69. The van der Waals surface area contributed by atoms with Crippen molar-refractivity contribution in [2.75, 3.05) is 6.61 Å². The largest absolute Gasteiger partial charge is 0.465 e. The third kappa shape index (κ3) is 1.76. The van der Waals surface area contributed by atoms with E-state index in [9.17, 15) is 0 Å². The molecule has 1 heterocycles. The van der Waals surface area contributed by atoms with Gasteiger partial charge in [-0.2, -0.15) is 4.98 Å². The Morgan fingerprint density at radius 2 is 2.33 bits per heavy atom. The Morgan fingerprint density at radius 1 is 1.67 bits per heavy atom. The van der Waals surface area contributed by atoms with Gasteiger partial charge in [-0.25, -0.2) is 0 Å². The van der Waals surface area contributed by atoms with Crippen LogP contribution in [0.1, 0.15) is 31.3 Å². The lowest BCUT2D eigenvalue weighted by atomic mass is 10.2. The molecule has 0 fully saturated rings. The first kappa shape index (κ1) is 9.06. The zero-order valence-electron chi connectivity index (χ0n) is 7.72. The van der Waals surface area contributed by atoms with Gasteiger partial charge < -0.3 is 15.5 Å². The molecular weight excluding hydrogens is 154 g/mol. The average molecular weight is 169 g/mol. The number of aromatic nitrogens is 2.